The van der Waals surface area contributed by atoms with Gasteiger partial charge in [0.15, 0.2) is 11.5 Å². The van der Waals surface area contributed by atoms with Crippen LogP contribution >= 0.6 is 0 Å². The fraction of sp³-hybridized carbons (Fsp3) is 0.333. The highest BCUT2D eigenvalue weighted by Crippen LogP contribution is 2.35. The maximum absolute atomic E-state index is 13.2. The molecule has 0 atom stereocenters. The monoisotopic (exact) mass is 430 g/mol. The second kappa shape index (κ2) is 7.73. The Morgan fingerprint density at radius 3 is 1.97 bits per heavy atom. The molecule has 0 radical (unpaired) electrons. The van der Waals surface area contributed by atoms with Crippen molar-refractivity contribution >= 4 is 27.5 Å². The molecule has 0 spiro atoms. The number of sulfonamides is 1. The number of nitrogens with zero attached hydrogens (tertiary/aromatic N) is 2. The van der Waals surface area contributed by atoms with Gasteiger partial charge in [-0.05, 0) is 53.9 Å². The van der Waals surface area contributed by atoms with Crippen LogP contribution in [0, 0.1) is 0 Å². The maximum Gasteiger partial charge on any atom is 0.243 e. The van der Waals surface area contributed by atoms with Crippen molar-refractivity contribution in [2.75, 3.05) is 25.7 Å². The summed E-state index contributed by atoms with van der Waals surface area (Å²) >= 11 is 0. The third-order valence-electron chi connectivity index (χ3n) is 5.47. The Bertz CT molecular complexity index is 1100. The lowest BCUT2D eigenvalue weighted by Gasteiger charge is -2.29. The Labute approximate surface area is 175 Å². The van der Waals surface area contributed by atoms with Crippen molar-refractivity contribution in [2.24, 2.45) is 0 Å². The van der Waals surface area contributed by atoms with Crippen LogP contribution in [0.15, 0.2) is 41.3 Å². The number of imide groups is 1. The number of hydrogen-bond donors (Lipinski definition) is 0. The van der Waals surface area contributed by atoms with Crippen LogP contribution in [0.4, 0.5) is 5.69 Å². The average Bonchev–Trinajstić information content (AvgIpc) is 3.10. The van der Waals surface area contributed by atoms with Gasteiger partial charge in [0.2, 0.25) is 21.8 Å². The van der Waals surface area contributed by atoms with E-state index in [1.807, 2.05) is 12.1 Å². The van der Waals surface area contributed by atoms with Crippen LogP contribution in [0.2, 0.25) is 0 Å². The largest absolute Gasteiger partial charge is 0.493 e. The third-order valence-corrected chi connectivity index (χ3v) is 7.33. The van der Waals surface area contributed by atoms with Gasteiger partial charge < -0.3 is 9.47 Å². The van der Waals surface area contributed by atoms with E-state index in [9.17, 15) is 18.0 Å². The fourth-order valence-corrected chi connectivity index (χ4v) is 5.26. The zero-order valence-corrected chi connectivity index (χ0v) is 17.6. The first-order valence-corrected chi connectivity index (χ1v) is 11.0. The first kappa shape index (κ1) is 20.4. The molecule has 2 aliphatic heterocycles. The van der Waals surface area contributed by atoms with E-state index in [4.69, 9.17) is 9.47 Å². The van der Waals surface area contributed by atoms with Crippen LogP contribution in [0.3, 0.4) is 0 Å². The fourth-order valence-electron chi connectivity index (χ4n) is 3.84. The van der Waals surface area contributed by atoms with Crippen LogP contribution in [0.25, 0.3) is 0 Å². The van der Waals surface area contributed by atoms with E-state index < -0.39 is 10.0 Å². The summed E-state index contributed by atoms with van der Waals surface area (Å²) in [5.41, 5.74) is 2.29. The highest BCUT2D eigenvalue weighted by Gasteiger charge is 2.32. The van der Waals surface area contributed by atoms with Crippen molar-refractivity contribution in [3.8, 4) is 11.5 Å². The molecule has 2 heterocycles. The Balaban J connectivity index is 1.59. The number of hydrogen-bond acceptors (Lipinski definition) is 6. The average molecular weight is 430 g/mol. The number of benzene rings is 2. The van der Waals surface area contributed by atoms with E-state index in [0.717, 1.165) is 16.0 Å². The number of carbonyl (C=O) groups excluding carboxylic acids is 2. The Morgan fingerprint density at radius 1 is 0.833 bits per heavy atom. The molecule has 158 valence electrons. The molecule has 2 aromatic carbocycles. The van der Waals surface area contributed by atoms with E-state index in [0.29, 0.717) is 30.2 Å². The summed E-state index contributed by atoms with van der Waals surface area (Å²) in [6, 6.07) is 9.57. The summed E-state index contributed by atoms with van der Waals surface area (Å²) in [6.07, 6.45) is 0.921. The van der Waals surface area contributed by atoms with Crippen LogP contribution in [0.5, 0.6) is 11.5 Å². The molecule has 1 fully saturated rings. The van der Waals surface area contributed by atoms with E-state index in [1.165, 1.54) is 28.6 Å². The van der Waals surface area contributed by atoms with E-state index in [-0.39, 0.29) is 36.1 Å². The number of fused-ring (bicyclic) bond motifs is 1. The molecule has 0 unspecified atom stereocenters. The second-order valence-corrected chi connectivity index (χ2v) is 9.12. The van der Waals surface area contributed by atoms with Gasteiger partial charge in [-0.1, -0.05) is 0 Å². The van der Waals surface area contributed by atoms with Gasteiger partial charge in [0.25, 0.3) is 0 Å². The number of anilines is 1. The molecule has 0 bridgehead atoms. The summed E-state index contributed by atoms with van der Waals surface area (Å²) in [5, 5.41) is 0. The molecule has 1 saturated heterocycles. The summed E-state index contributed by atoms with van der Waals surface area (Å²) in [6.45, 7) is 0.568. The number of rotatable bonds is 5. The van der Waals surface area contributed by atoms with Gasteiger partial charge in [0.05, 0.1) is 24.8 Å². The zero-order chi connectivity index (χ0) is 21.5. The topological polar surface area (TPSA) is 93.2 Å². The molecular weight excluding hydrogens is 408 g/mol. The van der Waals surface area contributed by atoms with Gasteiger partial charge in [-0.25, -0.2) is 8.42 Å². The molecule has 0 aliphatic carbocycles. The molecule has 0 aromatic heterocycles. The molecule has 8 nitrogen and oxygen atoms in total. The van der Waals surface area contributed by atoms with Crippen molar-refractivity contribution in [1.82, 2.24) is 4.31 Å². The highest BCUT2D eigenvalue weighted by atomic mass is 32.2. The SMILES string of the molecule is COc1cc2c(cc1OC)CN(S(=O)(=O)c1ccc(N3C(=O)CCC3=O)cc1)CC2. The number of ether oxygens (including phenoxy) is 2. The number of amides is 2. The molecule has 30 heavy (non-hydrogen) atoms. The minimum absolute atomic E-state index is 0.120. The molecular formula is C21H22N2O6S. The molecule has 2 amide bonds. The van der Waals surface area contributed by atoms with E-state index in [2.05, 4.69) is 0 Å². The lowest BCUT2D eigenvalue weighted by Crippen LogP contribution is -2.36. The van der Waals surface area contributed by atoms with Crippen molar-refractivity contribution < 1.29 is 27.5 Å². The molecule has 2 aliphatic rings. The van der Waals surface area contributed by atoms with Gasteiger partial charge in [0, 0.05) is 25.9 Å². The Morgan fingerprint density at radius 2 is 1.40 bits per heavy atom. The predicted octanol–water partition coefficient (Wildman–Crippen LogP) is 2.10. The van der Waals surface area contributed by atoms with Crippen molar-refractivity contribution in [2.45, 2.75) is 30.7 Å². The van der Waals surface area contributed by atoms with Crippen molar-refractivity contribution in [3.63, 3.8) is 0 Å². The first-order chi connectivity index (χ1) is 14.3. The molecule has 2 aromatic rings. The minimum atomic E-state index is -3.73. The summed E-state index contributed by atoms with van der Waals surface area (Å²) in [5.74, 6) is 0.634. The van der Waals surface area contributed by atoms with Gasteiger partial charge in [-0.2, -0.15) is 4.31 Å². The lowest BCUT2D eigenvalue weighted by molar-refractivity contribution is -0.121. The predicted molar refractivity (Wildman–Crippen MR) is 109 cm³/mol. The summed E-state index contributed by atoms with van der Waals surface area (Å²) < 4.78 is 38.4. The summed E-state index contributed by atoms with van der Waals surface area (Å²) in [7, 11) is -0.628. The lowest BCUT2D eigenvalue weighted by atomic mass is 10.0. The quantitative estimate of drug-likeness (QED) is 0.675. The zero-order valence-electron chi connectivity index (χ0n) is 16.8. The summed E-state index contributed by atoms with van der Waals surface area (Å²) in [4.78, 5) is 25.0. The third kappa shape index (κ3) is 3.44. The number of methoxy groups -OCH3 is 2. The maximum atomic E-state index is 13.2. The molecule has 9 heteroatoms. The Kier molecular flexibility index (Phi) is 5.25. The van der Waals surface area contributed by atoms with E-state index in [1.54, 1.807) is 14.2 Å². The van der Waals surface area contributed by atoms with Crippen molar-refractivity contribution in [1.29, 1.82) is 0 Å². The highest BCUT2D eigenvalue weighted by molar-refractivity contribution is 7.89. The van der Waals surface area contributed by atoms with Crippen LogP contribution in [-0.4, -0.2) is 45.3 Å². The minimum Gasteiger partial charge on any atom is -0.493 e. The first-order valence-electron chi connectivity index (χ1n) is 9.55. The normalized spacial score (nSPS) is 17.2. The Hall–Kier alpha value is -2.91. The van der Waals surface area contributed by atoms with Gasteiger partial charge >= 0.3 is 0 Å². The number of carbonyl (C=O) groups is 2. The van der Waals surface area contributed by atoms with Gasteiger partial charge in [-0.3, -0.25) is 14.5 Å². The van der Waals surface area contributed by atoms with Gasteiger partial charge in [0.1, 0.15) is 0 Å². The van der Waals surface area contributed by atoms with E-state index >= 15 is 0 Å². The smallest absolute Gasteiger partial charge is 0.243 e. The second-order valence-electron chi connectivity index (χ2n) is 7.18. The van der Waals surface area contributed by atoms with Crippen LogP contribution < -0.4 is 14.4 Å². The van der Waals surface area contributed by atoms with Crippen LogP contribution in [0.1, 0.15) is 24.0 Å². The van der Waals surface area contributed by atoms with Crippen molar-refractivity contribution in [3.05, 3.63) is 47.5 Å². The van der Waals surface area contributed by atoms with Gasteiger partial charge in [-0.15, -0.1) is 0 Å². The molecule has 4 rings (SSSR count). The molecule has 0 N–H and O–H groups in total. The van der Waals surface area contributed by atoms with Crippen LogP contribution in [-0.2, 0) is 32.6 Å². The molecule has 0 saturated carbocycles. The standard InChI is InChI=1S/C21H22N2O6S/c1-28-18-11-14-9-10-22(13-15(14)12-19(18)29-2)30(26,27)17-5-3-16(4-6-17)23-20(24)7-8-21(23)25/h3-6,11-12H,7-10,13H2,1-2H3.